The number of pyridine rings is 1. The molecule has 29 heavy (non-hydrogen) atoms. The van der Waals surface area contributed by atoms with E-state index in [1.165, 1.54) is 0 Å². The van der Waals surface area contributed by atoms with Crippen LogP contribution in [0.3, 0.4) is 0 Å². The molecule has 4 heterocycles. The summed E-state index contributed by atoms with van der Waals surface area (Å²) < 4.78 is 5.92. The number of anilines is 2. The Kier molecular flexibility index (Phi) is 4.04. The van der Waals surface area contributed by atoms with E-state index in [1.807, 2.05) is 62.7 Å². The van der Waals surface area contributed by atoms with Crippen LogP contribution in [0.1, 0.15) is 22.6 Å². The Morgan fingerprint density at radius 2 is 2.03 bits per heavy atom. The van der Waals surface area contributed by atoms with Crippen molar-refractivity contribution in [2.24, 2.45) is 5.10 Å². The molecule has 1 unspecified atom stereocenters. The van der Waals surface area contributed by atoms with Crippen LogP contribution in [0.4, 0.5) is 11.7 Å². The number of likely N-dealkylation sites (N-methyl/N-ethyl adjacent to an activating group) is 1. The van der Waals surface area contributed by atoms with Gasteiger partial charge in [-0.1, -0.05) is 23.3 Å². The number of nitrogens with one attached hydrogen (secondary N) is 2. The SMILES string of the molecule is Cc1cccc(C)c1Nc1nnc(-c2c[nH]c3ncc(C4C=NN(C)C4)cc23)o1. The van der Waals surface area contributed by atoms with Crippen LogP contribution in [0, 0.1) is 13.8 Å². The lowest BCUT2D eigenvalue weighted by molar-refractivity contribution is 0.381. The van der Waals surface area contributed by atoms with Gasteiger partial charge in [0.15, 0.2) is 0 Å². The quantitative estimate of drug-likeness (QED) is 0.550. The first-order valence-corrected chi connectivity index (χ1v) is 9.48. The van der Waals surface area contributed by atoms with Crippen molar-refractivity contribution in [3.8, 4) is 11.5 Å². The summed E-state index contributed by atoms with van der Waals surface area (Å²) in [4.78, 5) is 7.74. The summed E-state index contributed by atoms with van der Waals surface area (Å²) in [6, 6.07) is 8.60. The molecule has 2 N–H and O–H groups in total. The Balaban J connectivity index is 1.48. The van der Waals surface area contributed by atoms with Gasteiger partial charge in [0.1, 0.15) is 5.65 Å². The number of hydrogen-bond donors (Lipinski definition) is 2. The Hall–Kier alpha value is -3.68. The average Bonchev–Trinajstić information content (AvgIpc) is 3.43. The van der Waals surface area contributed by atoms with E-state index >= 15 is 0 Å². The van der Waals surface area contributed by atoms with E-state index in [-0.39, 0.29) is 5.92 Å². The number of H-pyrrole nitrogens is 1. The molecule has 0 saturated heterocycles. The maximum atomic E-state index is 5.92. The number of aryl methyl sites for hydroxylation is 2. The van der Waals surface area contributed by atoms with Crippen LogP contribution in [-0.4, -0.2) is 45.0 Å². The lowest BCUT2D eigenvalue weighted by Crippen LogP contribution is -2.12. The van der Waals surface area contributed by atoms with Gasteiger partial charge in [0.2, 0.25) is 0 Å². The molecule has 146 valence electrons. The smallest absolute Gasteiger partial charge is 0.320 e. The Bertz CT molecular complexity index is 1200. The zero-order valence-corrected chi connectivity index (χ0v) is 16.5. The van der Waals surface area contributed by atoms with Crippen molar-refractivity contribution in [2.45, 2.75) is 19.8 Å². The lowest BCUT2D eigenvalue weighted by atomic mass is 10.0. The summed E-state index contributed by atoms with van der Waals surface area (Å²) in [5, 5.41) is 18.9. The second-order valence-electron chi connectivity index (χ2n) is 7.38. The molecule has 0 amide bonds. The molecule has 5 rings (SSSR count). The van der Waals surface area contributed by atoms with Crippen molar-refractivity contribution in [2.75, 3.05) is 18.9 Å². The molecule has 0 bridgehead atoms. The fourth-order valence-corrected chi connectivity index (χ4v) is 3.67. The van der Waals surface area contributed by atoms with E-state index < -0.39 is 0 Å². The second kappa shape index (κ2) is 6.73. The van der Waals surface area contributed by atoms with E-state index in [1.54, 1.807) is 0 Å². The molecule has 3 aromatic heterocycles. The first kappa shape index (κ1) is 17.4. The summed E-state index contributed by atoms with van der Waals surface area (Å²) in [7, 11) is 1.97. The fraction of sp³-hybridized carbons (Fsp3) is 0.238. The maximum Gasteiger partial charge on any atom is 0.320 e. The molecule has 0 radical (unpaired) electrons. The number of aromatic nitrogens is 4. The van der Waals surface area contributed by atoms with E-state index in [2.05, 4.69) is 36.6 Å². The molecule has 0 spiro atoms. The van der Waals surface area contributed by atoms with Crippen LogP contribution in [-0.2, 0) is 0 Å². The molecular formula is C21H21N7O. The highest BCUT2D eigenvalue weighted by Gasteiger charge is 2.20. The highest BCUT2D eigenvalue weighted by Crippen LogP contribution is 2.31. The topological polar surface area (TPSA) is 95.2 Å². The number of rotatable bonds is 4. The van der Waals surface area contributed by atoms with E-state index in [4.69, 9.17) is 4.42 Å². The molecule has 8 heteroatoms. The highest BCUT2D eigenvalue weighted by molar-refractivity contribution is 5.92. The summed E-state index contributed by atoms with van der Waals surface area (Å²) in [6.45, 7) is 4.93. The normalized spacial score (nSPS) is 16.1. The average molecular weight is 387 g/mol. The number of hydrogen-bond acceptors (Lipinski definition) is 7. The van der Waals surface area contributed by atoms with Crippen LogP contribution in [0.2, 0.25) is 0 Å². The number of aromatic amines is 1. The van der Waals surface area contributed by atoms with Gasteiger partial charge in [-0.3, -0.25) is 5.01 Å². The predicted molar refractivity (Wildman–Crippen MR) is 112 cm³/mol. The molecule has 4 aromatic rings. The third kappa shape index (κ3) is 3.12. The standard InChI is InChI=1S/C21H21N7O/c1-12-5-4-6-13(2)18(12)25-21-27-26-20(29-21)17-10-23-19-16(17)7-14(8-22-19)15-9-24-28(3)11-15/h4-10,15H,11H2,1-3H3,(H,22,23)(H,25,27). The van der Waals surface area contributed by atoms with Crippen molar-refractivity contribution in [1.82, 2.24) is 25.2 Å². The van der Waals surface area contributed by atoms with E-state index in [0.29, 0.717) is 11.9 Å². The Morgan fingerprint density at radius 1 is 1.21 bits per heavy atom. The molecule has 0 saturated carbocycles. The minimum Gasteiger partial charge on any atom is -0.403 e. The Morgan fingerprint density at radius 3 is 2.79 bits per heavy atom. The lowest BCUT2D eigenvalue weighted by Gasteiger charge is -2.10. The summed E-state index contributed by atoms with van der Waals surface area (Å²) in [5.41, 5.74) is 5.95. The van der Waals surface area contributed by atoms with Crippen LogP contribution in [0.15, 0.2) is 46.2 Å². The molecule has 1 aliphatic heterocycles. The van der Waals surface area contributed by atoms with Gasteiger partial charge in [0.25, 0.3) is 5.89 Å². The summed E-state index contributed by atoms with van der Waals surface area (Å²) in [6.07, 6.45) is 5.70. The molecule has 1 atom stereocenters. The number of benzene rings is 1. The van der Waals surface area contributed by atoms with Crippen LogP contribution >= 0.6 is 0 Å². The molecule has 0 aliphatic carbocycles. The number of nitrogens with zero attached hydrogens (tertiary/aromatic N) is 5. The summed E-state index contributed by atoms with van der Waals surface area (Å²) in [5.74, 6) is 0.671. The molecular weight excluding hydrogens is 366 g/mol. The predicted octanol–water partition coefficient (Wildman–Crippen LogP) is 3.99. The molecule has 8 nitrogen and oxygen atoms in total. The number of para-hydroxylation sites is 1. The monoisotopic (exact) mass is 387 g/mol. The van der Waals surface area contributed by atoms with Crippen molar-refractivity contribution >= 4 is 29.0 Å². The van der Waals surface area contributed by atoms with Crippen LogP contribution < -0.4 is 5.32 Å². The van der Waals surface area contributed by atoms with Gasteiger partial charge in [0.05, 0.1) is 5.56 Å². The molecule has 0 fully saturated rings. The van der Waals surface area contributed by atoms with Gasteiger partial charge in [-0.2, -0.15) is 5.10 Å². The van der Waals surface area contributed by atoms with Crippen molar-refractivity contribution < 1.29 is 4.42 Å². The molecule has 1 aromatic carbocycles. The third-order valence-corrected chi connectivity index (χ3v) is 5.25. The fourth-order valence-electron chi connectivity index (χ4n) is 3.67. The second-order valence-corrected chi connectivity index (χ2v) is 7.38. The minimum absolute atomic E-state index is 0.226. The van der Waals surface area contributed by atoms with Gasteiger partial charge in [-0.15, -0.1) is 5.10 Å². The van der Waals surface area contributed by atoms with E-state index in [0.717, 1.165) is 45.5 Å². The Labute approximate surface area is 167 Å². The van der Waals surface area contributed by atoms with Crippen molar-refractivity contribution in [3.63, 3.8) is 0 Å². The first-order chi connectivity index (χ1) is 14.1. The van der Waals surface area contributed by atoms with Crippen molar-refractivity contribution in [3.05, 3.63) is 53.3 Å². The van der Waals surface area contributed by atoms with Crippen LogP contribution in [0.25, 0.3) is 22.5 Å². The first-order valence-electron chi connectivity index (χ1n) is 9.48. The van der Waals surface area contributed by atoms with Gasteiger partial charge in [0, 0.05) is 49.2 Å². The van der Waals surface area contributed by atoms with Gasteiger partial charge >= 0.3 is 6.01 Å². The van der Waals surface area contributed by atoms with Gasteiger partial charge in [-0.05, 0) is 36.6 Å². The number of hydrazone groups is 1. The van der Waals surface area contributed by atoms with Gasteiger partial charge in [-0.25, -0.2) is 4.98 Å². The van der Waals surface area contributed by atoms with Crippen molar-refractivity contribution in [1.29, 1.82) is 0 Å². The zero-order valence-electron chi connectivity index (χ0n) is 16.5. The van der Waals surface area contributed by atoms with Gasteiger partial charge < -0.3 is 14.7 Å². The number of fused-ring (bicyclic) bond motifs is 1. The summed E-state index contributed by atoms with van der Waals surface area (Å²) >= 11 is 0. The van der Waals surface area contributed by atoms with E-state index in [9.17, 15) is 0 Å². The zero-order chi connectivity index (χ0) is 20.0. The van der Waals surface area contributed by atoms with Crippen LogP contribution in [0.5, 0.6) is 0 Å². The molecule has 1 aliphatic rings. The largest absolute Gasteiger partial charge is 0.403 e. The third-order valence-electron chi connectivity index (χ3n) is 5.25. The minimum atomic E-state index is 0.226. The maximum absolute atomic E-state index is 5.92. The highest BCUT2D eigenvalue weighted by atomic mass is 16.4.